The minimum atomic E-state index is -0.958. The molecule has 1 aromatic heterocycles. The summed E-state index contributed by atoms with van der Waals surface area (Å²) in [6.07, 6.45) is 17.6. The van der Waals surface area contributed by atoms with Gasteiger partial charge in [-0.2, -0.15) is 0 Å². The number of carbonyl (C=O) groups is 3. The number of ketones is 1. The number of nitrogens with zero attached hydrogens (tertiary/aromatic N) is 2. The number of fused-ring (bicyclic) bond motifs is 7. The molecule has 0 radical (unpaired) electrons. The Morgan fingerprint density at radius 3 is 2.32 bits per heavy atom. The lowest BCUT2D eigenvalue weighted by molar-refractivity contribution is -0.245. The maximum Gasteiger partial charge on any atom is 0.244 e. The summed E-state index contributed by atoms with van der Waals surface area (Å²) in [6.45, 7) is 17.9. The zero-order valence-electron chi connectivity index (χ0n) is 33.3. The highest BCUT2D eigenvalue weighted by Gasteiger charge is 2.66. The molecule has 5 saturated carbocycles. The topological polar surface area (TPSA) is 118 Å². The molecular formula is C44H62ClN3O5. The van der Waals surface area contributed by atoms with Gasteiger partial charge >= 0.3 is 0 Å². The number of rotatable bonds is 10. The van der Waals surface area contributed by atoms with Crippen molar-refractivity contribution in [2.45, 2.75) is 150 Å². The molecule has 1 amide bonds. The Hall–Kier alpha value is -2.42. The van der Waals surface area contributed by atoms with Gasteiger partial charge in [-0.05, 0) is 127 Å². The van der Waals surface area contributed by atoms with Crippen LogP contribution in [-0.2, 0) is 24.7 Å². The summed E-state index contributed by atoms with van der Waals surface area (Å²) in [5, 5.41) is 14.6. The third-order valence-corrected chi connectivity index (χ3v) is 15.8. The van der Waals surface area contributed by atoms with Gasteiger partial charge in [-0.15, -0.1) is 0 Å². The lowest BCUT2D eigenvalue weighted by atomic mass is 9.36. The Morgan fingerprint density at radius 2 is 1.68 bits per heavy atom. The maximum absolute atomic E-state index is 14.0. The number of ether oxygens (including phenoxy) is 1. The molecule has 1 heterocycles. The van der Waals surface area contributed by atoms with Crippen LogP contribution in [-0.4, -0.2) is 45.4 Å². The van der Waals surface area contributed by atoms with Crippen molar-refractivity contribution in [2.75, 3.05) is 0 Å². The molecule has 9 unspecified atom stereocenters. The van der Waals surface area contributed by atoms with Gasteiger partial charge < -0.3 is 20.0 Å². The summed E-state index contributed by atoms with van der Waals surface area (Å²) in [5.41, 5.74) is 0.956. The molecule has 0 aliphatic heterocycles. The van der Waals surface area contributed by atoms with Gasteiger partial charge in [-0.25, -0.2) is 9.97 Å². The maximum atomic E-state index is 14.0. The number of carbonyl (C=O) groups excluding carboxylic acids is 3. The lowest BCUT2D eigenvalue weighted by Crippen LogP contribution is -2.63. The highest BCUT2D eigenvalue weighted by atomic mass is 35.5. The highest BCUT2D eigenvalue weighted by molar-refractivity contribution is 6.30. The van der Waals surface area contributed by atoms with Gasteiger partial charge in [0.15, 0.2) is 17.9 Å². The Bertz CT molecular complexity index is 1700. The fraction of sp³-hybridized carbons (Fsp3) is 0.750. The van der Waals surface area contributed by atoms with Gasteiger partial charge in [0.25, 0.3) is 0 Å². The average Bonchev–Trinajstić information content (AvgIpc) is 3.78. The molecule has 53 heavy (non-hydrogen) atoms. The van der Waals surface area contributed by atoms with Crippen LogP contribution in [0.3, 0.4) is 0 Å². The van der Waals surface area contributed by atoms with E-state index >= 15 is 0 Å². The number of amides is 1. The number of nitrogens with one attached hydrogen (secondary N) is 1. The van der Waals surface area contributed by atoms with Crippen LogP contribution in [0.4, 0.5) is 0 Å². The van der Waals surface area contributed by atoms with Crippen LogP contribution in [0.5, 0.6) is 0 Å². The Labute approximate surface area is 321 Å². The number of hydrogen-bond acceptors (Lipinski definition) is 7. The molecule has 0 spiro atoms. The third kappa shape index (κ3) is 6.48. The molecule has 2 N–H and O–H groups in total. The van der Waals surface area contributed by atoms with Gasteiger partial charge in [0.05, 0.1) is 11.1 Å². The summed E-state index contributed by atoms with van der Waals surface area (Å²) in [6, 6.07) is 0. The van der Waals surface area contributed by atoms with E-state index in [-0.39, 0.29) is 40.0 Å². The number of allylic oxidation sites excluding steroid dienone is 3. The molecule has 0 aromatic carbocycles. The number of hydrogen-bond donors (Lipinski definition) is 2. The van der Waals surface area contributed by atoms with Crippen molar-refractivity contribution in [3.8, 4) is 0 Å². The average molecular weight is 748 g/mol. The van der Waals surface area contributed by atoms with Gasteiger partial charge in [0.1, 0.15) is 11.8 Å². The largest absolute Gasteiger partial charge is 0.368 e. The normalized spacial score (nSPS) is 37.8. The molecule has 1 aromatic rings. The second kappa shape index (κ2) is 13.4. The first-order valence-electron chi connectivity index (χ1n) is 20.4. The van der Waals surface area contributed by atoms with Crippen LogP contribution in [0.1, 0.15) is 138 Å². The number of aliphatic hydroxyl groups excluding tert-OH is 1. The molecule has 5 fully saturated rings. The van der Waals surface area contributed by atoms with Crippen molar-refractivity contribution >= 4 is 29.6 Å². The van der Waals surface area contributed by atoms with Crippen LogP contribution in [0.15, 0.2) is 35.7 Å². The molecule has 0 bridgehead atoms. The van der Waals surface area contributed by atoms with Crippen molar-refractivity contribution in [3.63, 3.8) is 0 Å². The van der Waals surface area contributed by atoms with E-state index in [4.69, 9.17) is 16.3 Å². The molecule has 6 aliphatic carbocycles. The summed E-state index contributed by atoms with van der Waals surface area (Å²) in [5.74, 6) is 2.68. The molecule has 290 valence electrons. The van der Waals surface area contributed by atoms with E-state index in [1.54, 1.807) is 18.5 Å². The van der Waals surface area contributed by atoms with E-state index < -0.39 is 22.7 Å². The van der Waals surface area contributed by atoms with E-state index in [9.17, 15) is 19.5 Å². The van der Waals surface area contributed by atoms with Crippen molar-refractivity contribution in [1.82, 2.24) is 15.3 Å². The van der Waals surface area contributed by atoms with Crippen molar-refractivity contribution < 1.29 is 24.2 Å². The monoisotopic (exact) mass is 747 g/mol. The van der Waals surface area contributed by atoms with Crippen molar-refractivity contribution in [3.05, 3.63) is 46.5 Å². The molecular weight excluding hydrogens is 686 g/mol. The van der Waals surface area contributed by atoms with Crippen LogP contribution < -0.4 is 5.32 Å². The van der Waals surface area contributed by atoms with E-state index in [1.165, 1.54) is 5.57 Å². The minimum absolute atomic E-state index is 0.0604. The van der Waals surface area contributed by atoms with Crippen molar-refractivity contribution in [2.24, 2.45) is 56.7 Å². The van der Waals surface area contributed by atoms with E-state index in [0.29, 0.717) is 47.4 Å². The van der Waals surface area contributed by atoms with Crippen LogP contribution in [0.2, 0.25) is 5.02 Å². The quantitative estimate of drug-likeness (QED) is 0.140. The van der Waals surface area contributed by atoms with Gasteiger partial charge in [0, 0.05) is 36.1 Å². The Kier molecular flexibility index (Phi) is 9.79. The fourth-order valence-corrected chi connectivity index (χ4v) is 13.2. The van der Waals surface area contributed by atoms with Gasteiger partial charge in [-0.1, -0.05) is 73.1 Å². The summed E-state index contributed by atoms with van der Waals surface area (Å²) < 4.78 is 6.40. The second-order valence-electron chi connectivity index (χ2n) is 20.1. The van der Waals surface area contributed by atoms with E-state index in [1.807, 2.05) is 13.8 Å². The summed E-state index contributed by atoms with van der Waals surface area (Å²) in [7, 11) is 0. The number of halogens is 1. The molecule has 6 aliphatic rings. The van der Waals surface area contributed by atoms with Crippen LogP contribution >= 0.6 is 11.6 Å². The first kappa shape index (κ1) is 38.8. The molecule has 7 rings (SSSR count). The Morgan fingerprint density at radius 1 is 1.00 bits per heavy atom. The Balaban J connectivity index is 1.12. The smallest absolute Gasteiger partial charge is 0.244 e. The summed E-state index contributed by atoms with van der Waals surface area (Å²) in [4.78, 5) is 47.9. The number of Topliss-reactive ketones (excluding diaryl/α,β-unsaturated/α-hetero) is 1. The fourth-order valence-electron chi connectivity index (χ4n) is 13.1. The molecule has 9 atom stereocenters. The highest BCUT2D eigenvalue weighted by Crippen LogP contribution is 2.73. The third-order valence-electron chi connectivity index (χ3n) is 15.6. The van der Waals surface area contributed by atoms with E-state index in [0.717, 1.165) is 76.1 Å². The predicted molar refractivity (Wildman–Crippen MR) is 205 cm³/mol. The van der Waals surface area contributed by atoms with Gasteiger partial charge in [-0.3, -0.25) is 9.59 Å². The predicted octanol–water partition coefficient (Wildman–Crippen LogP) is 8.70. The van der Waals surface area contributed by atoms with E-state index in [2.05, 4.69) is 62.9 Å². The zero-order valence-corrected chi connectivity index (χ0v) is 34.0. The summed E-state index contributed by atoms with van der Waals surface area (Å²) >= 11 is 6.03. The number of aromatic nitrogens is 2. The lowest BCUT2D eigenvalue weighted by Gasteiger charge is -2.69. The SMILES string of the molecule is CC(C)C1=C2C3CCC4C(C)(CCC5C(C)(C)C(OC(O)CC(C)(C)C=O)CCC54C)C3CCC2(/C=C/C(=O)NC2(c3ncc(Cl)cn3)CC2)CC1=O. The molecule has 0 saturated heterocycles. The number of aldehydes is 1. The van der Waals surface area contributed by atoms with Crippen molar-refractivity contribution in [1.29, 1.82) is 0 Å². The number of aliphatic hydroxyl groups is 1. The second-order valence-corrected chi connectivity index (χ2v) is 20.5. The van der Waals surface area contributed by atoms with Crippen LogP contribution in [0, 0.1) is 56.7 Å². The first-order chi connectivity index (χ1) is 24.8. The van der Waals surface area contributed by atoms with Gasteiger partial charge in [0.2, 0.25) is 5.91 Å². The first-order valence-corrected chi connectivity index (χ1v) is 20.8. The van der Waals surface area contributed by atoms with Crippen LogP contribution in [0.25, 0.3) is 0 Å². The molecule has 8 nitrogen and oxygen atoms in total. The molecule has 9 heteroatoms. The minimum Gasteiger partial charge on any atom is -0.368 e. The standard InChI is InChI=1S/C44H62ClN3O5/c1-26(2)36-30(50)21-43(18-14-34(51)48-44(19-20-44)38-46-23-27(45)24-47-38)17-11-29-28(37(36)43)9-10-32-41(29,7)15-12-31-40(5,6)33(13-16-42(31,32)8)53-35(52)22-39(3,4)25-49/h14,18,23-26,28-29,31-33,35,52H,9-13,15-17,19-22H2,1-8H3,(H,48,51)/b18-14+. The zero-order chi connectivity index (χ0) is 38.4.